The Balaban J connectivity index is 2.07. The van der Waals surface area contributed by atoms with E-state index in [2.05, 4.69) is 21.2 Å². The molecule has 0 aliphatic heterocycles. The zero-order chi connectivity index (χ0) is 13.3. The number of hydrogen-bond acceptors (Lipinski definition) is 2. The van der Waals surface area contributed by atoms with Crippen LogP contribution in [0.2, 0.25) is 10.0 Å². The monoisotopic (exact) mass is 350 g/mol. The van der Waals surface area contributed by atoms with Crippen LogP contribution in [-0.4, -0.2) is 11.4 Å². The van der Waals surface area contributed by atoms with Crippen LogP contribution >= 0.6 is 39.1 Å². The highest BCUT2D eigenvalue weighted by atomic mass is 79.9. The lowest BCUT2D eigenvalue weighted by atomic mass is 9.75. The first-order valence-electron chi connectivity index (χ1n) is 5.63. The number of anilines is 1. The second-order valence-corrected chi connectivity index (χ2v) is 6.42. The van der Waals surface area contributed by atoms with E-state index in [9.17, 15) is 4.79 Å². The van der Waals surface area contributed by atoms with Gasteiger partial charge in [0.1, 0.15) is 0 Å². The van der Waals surface area contributed by atoms with E-state index in [1.165, 1.54) is 0 Å². The number of nitrogens with two attached hydrogens (primary N) is 1. The van der Waals surface area contributed by atoms with E-state index in [0.717, 1.165) is 23.7 Å². The maximum absolute atomic E-state index is 11.9. The predicted molar refractivity (Wildman–Crippen MR) is 78.2 cm³/mol. The van der Waals surface area contributed by atoms with Crippen molar-refractivity contribution in [2.24, 2.45) is 5.73 Å². The minimum absolute atomic E-state index is 0.150. The molecule has 1 amide bonds. The summed E-state index contributed by atoms with van der Waals surface area (Å²) in [6.45, 7) is 0. The summed E-state index contributed by atoms with van der Waals surface area (Å²) in [5.41, 5.74) is 6.11. The molecule has 1 aliphatic rings. The summed E-state index contributed by atoms with van der Waals surface area (Å²) >= 11 is 15.4. The standard InChI is InChI=1S/C12H13BrCl2N2O/c13-7-4-8(14)11(9(15)5-7)17-10(18)6-12(16)2-1-3-12/h4-5H,1-3,6,16H2,(H,17,18). The lowest BCUT2D eigenvalue weighted by Gasteiger charge is -2.37. The molecule has 1 aliphatic carbocycles. The minimum atomic E-state index is -0.349. The molecule has 1 aromatic rings. The average Bonchev–Trinajstić information content (AvgIpc) is 2.21. The molecule has 1 aromatic carbocycles. The second kappa shape index (κ2) is 5.37. The van der Waals surface area contributed by atoms with Crippen molar-refractivity contribution in [2.75, 3.05) is 5.32 Å². The highest BCUT2D eigenvalue weighted by molar-refractivity contribution is 9.10. The Kier molecular flexibility index (Phi) is 4.22. The minimum Gasteiger partial charge on any atom is -0.325 e. The molecule has 0 unspecified atom stereocenters. The summed E-state index contributed by atoms with van der Waals surface area (Å²) in [5, 5.41) is 3.54. The zero-order valence-corrected chi connectivity index (χ0v) is 12.7. The van der Waals surface area contributed by atoms with Gasteiger partial charge in [-0.1, -0.05) is 39.1 Å². The normalized spacial score (nSPS) is 17.1. The van der Waals surface area contributed by atoms with E-state index in [1.54, 1.807) is 12.1 Å². The molecular formula is C12H13BrCl2N2O. The molecule has 3 nitrogen and oxygen atoms in total. The van der Waals surface area contributed by atoms with Crippen LogP contribution in [0, 0.1) is 0 Å². The maximum atomic E-state index is 11.9. The van der Waals surface area contributed by atoms with Crippen LogP contribution in [0.5, 0.6) is 0 Å². The number of carbonyl (C=O) groups excluding carboxylic acids is 1. The van der Waals surface area contributed by atoms with Crippen LogP contribution in [0.3, 0.4) is 0 Å². The number of amides is 1. The van der Waals surface area contributed by atoms with Gasteiger partial charge in [0.15, 0.2) is 0 Å². The van der Waals surface area contributed by atoms with Crippen LogP contribution in [0.1, 0.15) is 25.7 Å². The van der Waals surface area contributed by atoms with Crippen molar-refractivity contribution >= 4 is 50.7 Å². The molecule has 0 aromatic heterocycles. The van der Waals surface area contributed by atoms with Crippen molar-refractivity contribution in [3.8, 4) is 0 Å². The van der Waals surface area contributed by atoms with E-state index in [1.807, 2.05) is 0 Å². The van der Waals surface area contributed by atoms with Gasteiger partial charge in [0.2, 0.25) is 5.91 Å². The van der Waals surface area contributed by atoms with Gasteiger partial charge < -0.3 is 11.1 Å². The largest absolute Gasteiger partial charge is 0.325 e. The van der Waals surface area contributed by atoms with Gasteiger partial charge >= 0.3 is 0 Å². The Hall–Kier alpha value is -0.290. The topological polar surface area (TPSA) is 55.1 Å². The first-order valence-corrected chi connectivity index (χ1v) is 7.18. The third-order valence-corrected chi connectivity index (χ3v) is 4.19. The summed E-state index contributed by atoms with van der Waals surface area (Å²) < 4.78 is 0.768. The SMILES string of the molecule is NC1(CC(=O)Nc2c(Cl)cc(Br)cc2Cl)CCC1. The molecule has 0 atom stereocenters. The van der Waals surface area contributed by atoms with Gasteiger partial charge in [0.25, 0.3) is 0 Å². The molecule has 0 bridgehead atoms. The van der Waals surface area contributed by atoms with Gasteiger partial charge in [-0.15, -0.1) is 0 Å². The van der Waals surface area contributed by atoms with Gasteiger partial charge in [-0.2, -0.15) is 0 Å². The number of benzene rings is 1. The van der Waals surface area contributed by atoms with Crippen molar-refractivity contribution in [1.82, 2.24) is 0 Å². The second-order valence-electron chi connectivity index (χ2n) is 4.69. The molecule has 98 valence electrons. The third-order valence-electron chi connectivity index (χ3n) is 3.13. The highest BCUT2D eigenvalue weighted by Crippen LogP contribution is 2.36. The summed E-state index contributed by atoms with van der Waals surface area (Å²) in [7, 11) is 0. The lowest BCUT2D eigenvalue weighted by Crippen LogP contribution is -2.48. The van der Waals surface area contributed by atoms with E-state index in [-0.39, 0.29) is 11.4 Å². The molecule has 0 heterocycles. The fourth-order valence-corrected chi connectivity index (χ4v) is 3.28. The number of rotatable bonds is 3. The van der Waals surface area contributed by atoms with Crippen molar-refractivity contribution in [2.45, 2.75) is 31.2 Å². The first-order chi connectivity index (χ1) is 8.39. The summed E-state index contributed by atoms with van der Waals surface area (Å²) in [4.78, 5) is 11.9. The van der Waals surface area contributed by atoms with Crippen molar-refractivity contribution in [3.63, 3.8) is 0 Å². The molecule has 0 radical (unpaired) electrons. The van der Waals surface area contributed by atoms with Gasteiger partial charge in [0.05, 0.1) is 15.7 Å². The highest BCUT2D eigenvalue weighted by Gasteiger charge is 2.34. The Bertz CT molecular complexity index is 466. The van der Waals surface area contributed by atoms with E-state index < -0.39 is 0 Å². The first kappa shape index (κ1) is 14.1. The number of hydrogen-bond donors (Lipinski definition) is 2. The zero-order valence-electron chi connectivity index (χ0n) is 9.60. The Morgan fingerprint density at radius 2 is 1.94 bits per heavy atom. The number of nitrogens with one attached hydrogen (secondary N) is 1. The molecule has 18 heavy (non-hydrogen) atoms. The molecule has 6 heteroatoms. The van der Waals surface area contributed by atoms with Crippen LogP contribution in [0.25, 0.3) is 0 Å². The molecule has 1 saturated carbocycles. The quantitative estimate of drug-likeness (QED) is 0.865. The Morgan fingerprint density at radius 3 is 2.39 bits per heavy atom. The molecule has 1 fully saturated rings. The van der Waals surface area contributed by atoms with E-state index >= 15 is 0 Å². The van der Waals surface area contributed by atoms with Crippen LogP contribution in [-0.2, 0) is 4.79 Å². The predicted octanol–water partition coefficient (Wildman–Crippen LogP) is 3.97. The molecular weight excluding hydrogens is 339 g/mol. The average molecular weight is 352 g/mol. The maximum Gasteiger partial charge on any atom is 0.226 e. The van der Waals surface area contributed by atoms with Gasteiger partial charge in [-0.25, -0.2) is 0 Å². The van der Waals surface area contributed by atoms with Crippen molar-refractivity contribution < 1.29 is 4.79 Å². The van der Waals surface area contributed by atoms with Gasteiger partial charge in [-0.3, -0.25) is 4.79 Å². The Morgan fingerprint density at radius 1 is 1.39 bits per heavy atom. The van der Waals surface area contributed by atoms with Crippen molar-refractivity contribution in [1.29, 1.82) is 0 Å². The van der Waals surface area contributed by atoms with E-state index in [0.29, 0.717) is 22.2 Å². The number of halogens is 3. The van der Waals surface area contributed by atoms with Crippen LogP contribution < -0.4 is 11.1 Å². The fraction of sp³-hybridized carbons (Fsp3) is 0.417. The number of carbonyl (C=O) groups is 1. The molecule has 2 rings (SSSR count). The van der Waals surface area contributed by atoms with Gasteiger partial charge in [0, 0.05) is 16.4 Å². The van der Waals surface area contributed by atoms with Gasteiger partial charge in [-0.05, 0) is 31.4 Å². The fourth-order valence-electron chi connectivity index (χ4n) is 1.97. The van der Waals surface area contributed by atoms with E-state index in [4.69, 9.17) is 28.9 Å². The third kappa shape index (κ3) is 3.18. The van der Waals surface area contributed by atoms with Crippen LogP contribution in [0.15, 0.2) is 16.6 Å². The Labute approximate surface area is 124 Å². The molecule has 0 spiro atoms. The summed E-state index contributed by atoms with van der Waals surface area (Å²) in [6.07, 6.45) is 3.17. The molecule has 3 N–H and O–H groups in total. The molecule has 0 saturated heterocycles. The smallest absolute Gasteiger partial charge is 0.226 e. The van der Waals surface area contributed by atoms with Crippen molar-refractivity contribution in [3.05, 3.63) is 26.7 Å². The summed E-state index contributed by atoms with van der Waals surface area (Å²) in [6, 6.07) is 3.37. The lowest BCUT2D eigenvalue weighted by molar-refractivity contribution is -0.118. The van der Waals surface area contributed by atoms with Crippen LogP contribution in [0.4, 0.5) is 5.69 Å². The summed E-state index contributed by atoms with van der Waals surface area (Å²) in [5.74, 6) is -0.150.